The number of thiazole rings is 1. The summed E-state index contributed by atoms with van der Waals surface area (Å²) in [5.41, 5.74) is -0.136. The monoisotopic (exact) mass is 493 g/mol. The summed E-state index contributed by atoms with van der Waals surface area (Å²) in [6, 6.07) is 7.10. The summed E-state index contributed by atoms with van der Waals surface area (Å²) in [4.78, 5) is 25.2. The van der Waals surface area contributed by atoms with Crippen molar-refractivity contribution in [3.63, 3.8) is 0 Å². The molecule has 1 amide bonds. The minimum Gasteiger partial charge on any atom is -0.342 e. The highest BCUT2D eigenvalue weighted by Crippen LogP contribution is 2.31. The van der Waals surface area contributed by atoms with Crippen LogP contribution in [0.3, 0.4) is 0 Å². The lowest BCUT2D eigenvalue weighted by molar-refractivity contribution is -0.137. The summed E-state index contributed by atoms with van der Waals surface area (Å²) in [6.45, 7) is 0. The van der Waals surface area contributed by atoms with Crippen molar-refractivity contribution >= 4 is 39.8 Å². The Morgan fingerprint density at radius 1 is 1.21 bits per heavy atom. The van der Waals surface area contributed by atoms with E-state index >= 15 is 0 Å². The van der Waals surface area contributed by atoms with Gasteiger partial charge in [-0.05, 0) is 29.8 Å². The lowest BCUT2D eigenvalue weighted by Gasteiger charge is -2.18. The molecule has 0 saturated heterocycles. The molecule has 1 unspecified atom stereocenters. The van der Waals surface area contributed by atoms with Crippen LogP contribution < -0.4 is 10.6 Å². The van der Waals surface area contributed by atoms with E-state index in [1.807, 2.05) is 0 Å². The number of hydrogen-bond donors (Lipinski definition) is 3. The molecule has 0 aliphatic carbocycles. The minimum absolute atomic E-state index is 0.0875. The van der Waals surface area contributed by atoms with Crippen LogP contribution in [0.15, 0.2) is 54.3 Å². The number of aromatic amines is 1. The Morgan fingerprint density at radius 3 is 2.76 bits per heavy atom. The summed E-state index contributed by atoms with van der Waals surface area (Å²) in [5, 5.41) is 14.8. The number of H-pyrrole nitrogens is 1. The average Bonchev–Trinajstić information content (AvgIpc) is 3.46. The van der Waals surface area contributed by atoms with Gasteiger partial charge in [-0.25, -0.2) is 15.0 Å². The number of halogens is 4. The van der Waals surface area contributed by atoms with E-state index in [1.165, 1.54) is 36.0 Å². The maximum absolute atomic E-state index is 13.2. The first-order valence-electron chi connectivity index (χ1n) is 9.43. The maximum atomic E-state index is 13.2. The van der Waals surface area contributed by atoms with Gasteiger partial charge in [0.25, 0.3) is 0 Å². The van der Waals surface area contributed by atoms with E-state index in [9.17, 15) is 18.0 Å². The number of benzene rings is 1. The minimum atomic E-state index is -4.52. The van der Waals surface area contributed by atoms with Gasteiger partial charge in [0.1, 0.15) is 18.2 Å². The molecular weight excluding hydrogens is 479 g/mol. The zero-order chi connectivity index (χ0) is 23.4. The molecule has 0 aliphatic heterocycles. The number of anilines is 2. The summed E-state index contributed by atoms with van der Waals surface area (Å²) >= 11 is 7.10. The second-order valence-electron chi connectivity index (χ2n) is 6.80. The first-order chi connectivity index (χ1) is 15.8. The normalized spacial score (nSPS) is 12.4. The third-order valence-electron chi connectivity index (χ3n) is 4.42. The molecule has 1 aromatic carbocycles. The average molecular weight is 494 g/mol. The second-order valence-corrected chi connectivity index (χ2v) is 8.10. The number of rotatable bonds is 7. The molecule has 4 aromatic rings. The highest BCUT2D eigenvalue weighted by atomic mass is 35.5. The van der Waals surface area contributed by atoms with E-state index in [1.54, 1.807) is 17.5 Å². The molecule has 0 bridgehead atoms. The number of carbonyl (C=O) groups excluding carboxylic acids is 1. The van der Waals surface area contributed by atoms with E-state index in [4.69, 9.17) is 11.6 Å². The standard InChI is InChI=1S/C20H15ClF3N7OS/c21-13-4-5-15(25-8-13)29-19-28-14(9-33-19)7-16(32)30-17(18-26-10-27-31-18)11-2-1-3-12(6-11)20(22,23)24/h1-6,8-10,17H,7H2,(H,30,32)(H,25,28,29)(H,26,27,31). The first-order valence-corrected chi connectivity index (χ1v) is 10.7. The molecule has 3 aromatic heterocycles. The fourth-order valence-corrected chi connectivity index (χ4v) is 3.77. The van der Waals surface area contributed by atoms with Crippen LogP contribution in [-0.2, 0) is 17.4 Å². The van der Waals surface area contributed by atoms with Crippen LogP contribution in [0.2, 0.25) is 5.02 Å². The molecule has 4 rings (SSSR count). The van der Waals surface area contributed by atoms with Gasteiger partial charge in [-0.15, -0.1) is 11.3 Å². The molecule has 3 heterocycles. The highest BCUT2D eigenvalue weighted by Gasteiger charge is 2.31. The van der Waals surface area contributed by atoms with Crippen molar-refractivity contribution in [2.24, 2.45) is 0 Å². The molecule has 0 radical (unpaired) electrons. The molecule has 8 nitrogen and oxygen atoms in total. The third-order valence-corrected chi connectivity index (χ3v) is 5.45. The second kappa shape index (κ2) is 9.55. The highest BCUT2D eigenvalue weighted by molar-refractivity contribution is 7.13. The molecule has 1 atom stereocenters. The Bertz CT molecular complexity index is 1230. The maximum Gasteiger partial charge on any atom is 0.416 e. The van der Waals surface area contributed by atoms with Gasteiger partial charge in [-0.1, -0.05) is 23.7 Å². The molecule has 3 N–H and O–H groups in total. The van der Waals surface area contributed by atoms with Crippen molar-refractivity contribution in [2.45, 2.75) is 18.6 Å². The number of alkyl halides is 3. The van der Waals surface area contributed by atoms with Crippen molar-refractivity contribution < 1.29 is 18.0 Å². The lowest BCUT2D eigenvalue weighted by atomic mass is 10.0. The number of nitrogens with one attached hydrogen (secondary N) is 3. The summed E-state index contributed by atoms with van der Waals surface area (Å²) in [7, 11) is 0. The van der Waals surface area contributed by atoms with Crippen molar-refractivity contribution in [1.29, 1.82) is 0 Å². The molecule has 0 spiro atoms. The van der Waals surface area contributed by atoms with Gasteiger partial charge >= 0.3 is 6.18 Å². The van der Waals surface area contributed by atoms with E-state index in [0.717, 1.165) is 12.1 Å². The van der Waals surface area contributed by atoms with Crippen LogP contribution in [0.25, 0.3) is 0 Å². The zero-order valence-electron chi connectivity index (χ0n) is 16.6. The van der Waals surface area contributed by atoms with E-state index in [2.05, 4.69) is 35.8 Å². The summed E-state index contributed by atoms with van der Waals surface area (Å²) in [6.07, 6.45) is -1.90. The zero-order valence-corrected chi connectivity index (χ0v) is 18.2. The van der Waals surface area contributed by atoms with Gasteiger partial charge in [0.15, 0.2) is 11.0 Å². The number of hydrogen-bond acceptors (Lipinski definition) is 7. The number of nitrogens with zero attached hydrogens (tertiary/aromatic N) is 4. The van der Waals surface area contributed by atoms with E-state index in [0.29, 0.717) is 21.7 Å². The topological polar surface area (TPSA) is 108 Å². The van der Waals surface area contributed by atoms with Crippen LogP contribution in [0, 0.1) is 0 Å². The lowest BCUT2D eigenvalue weighted by Crippen LogP contribution is -2.31. The Balaban J connectivity index is 1.47. The van der Waals surface area contributed by atoms with Gasteiger partial charge in [-0.2, -0.15) is 18.3 Å². The number of amides is 1. The van der Waals surface area contributed by atoms with Crippen LogP contribution in [-0.4, -0.2) is 31.1 Å². The fourth-order valence-electron chi connectivity index (χ4n) is 2.94. The number of carbonyl (C=O) groups is 1. The number of pyridine rings is 1. The summed E-state index contributed by atoms with van der Waals surface area (Å²) < 4.78 is 39.5. The quantitative estimate of drug-likeness (QED) is 0.349. The van der Waals surface area contributed by atoms with Gasteiger partial charge in [0, 0.05) is 11.6 Å². The Morgan fingerprint density at radius 2 is 2.06 bits per heavy atom. The molecule has 13 heteroatoms. The Labute approximate surface area is 194 Å². The van der Waals surface area contributed by atoms with E-state index in [-0.39, 0.29) is 17.8 Å². The Hall–Kier alpha value is -3.51. The molecule has 0 aliphatic rings. The smallest absolute Gasteiger partial charge is 0.342 e. The van der Waals surface area contributed by atoms with Gasteiger partial charge in [0.05, 0.1) is 22.7 Å². The molecule has 0 saturated carbocycles. The van der Waals surface area contributed by atoms with E-state index < -0.39 is 23.7 Å². The fraction of sp³-hybridized carbons (Fsp3) is 0.150. The van der Waals surface area contributed by atoms with Crippen molar-refractivity contribution in [3.8, 4) is 0 Å². The molecular formula is C20H15ClF3N7OS. The summed E-state index contributed by atoms with van der Waals surface area (Å²) in [5.74, 6) is 0.298. The van der Waals surface area contributed by atoms with Crippen LogP contribution >= 0.6 is 22.9 Å². The molecule has 33 heavy (non-hydrogen) atoms. The predicted octanol–water partition coefficient (Wildman–Crippen LogP) is 4.52. The Kier molecular flexibility index (Phi) is 6.56. The number of aromatic nitrogens is 5. The predicted molar refractivity (Wildman–Crippen MR) is 116 cm³/mol. The van der Waals surface area contributed by atoms with Crippen LogP contribution in [0.5, 0.6) is 0 Å². The largest absolute Gasteiger partial charge is 0.416 e. The van der Waals surface area contributed by atoms with Gasteiger partial charge in [0.2, 0.25) is 5.91 Å². The molecule has 0 fully saturated rings. The van der Waals surface area contributed by atoms with Crippen LogP contribution in [0.1, 0.15) is 28.7 Å². The molecule has 170 valence electrons. The van der Waals surface area contributed by atoms with Crippen molar-refractivity contribution in [2.75, 3.05) is 5.32 Å². The van der Waals surface area contributed by atoms with Crippen LogP contribution in [0.4, 0.5) is 24.1 Å². The third kappa shape index (κ3) is 5.84. The van der Waals surface area contributed by atoms with Crippen molar-refractivity contribution in [1.82, 2.24) is 30.5 Å². The SMILES string of the molecule is O=C(Cc1csc(Nc2ccc(Cl)cn2)n1)NC(c1cccc(C(F)(F)F)c1)c1ncn[nH]1. The first kappa shape index (κ1) is 22.7. The van der Waals surface area contributed by atoms with Gasteiger partial charge in [-0.3, -0.25) is 9.89 Å². The van der Waals surface area contributed by atoms with Crippen molar-refractivity contribution in [3.05, 3.63) is 82.0 Å². The van der Waals surface area contributed by atoms with Gasteiger partial charge < -0.3 is 10.6 Å².